The molecule has 0 bridgehead atoms. The highest BCUT2D eigenvalue weighted by Gasteiger charge is 2.23. The van der Waals surface area contributed by atoms with Gasteiger partial charge in [-0.1, -0.05) is 212 Å². The molecule has 0 aliphatic carbocycles. The Bertz CT molecular complexity index is 1020. The maximum absolute atomic E-state index is 12.1. The Morgan fingerprint density at radius 1 is 0.525 bits per heavy atom. The molecule has 0 aliphatic heterocycles. The van der Waals surface area contributed by atoms with E-state index < -0.39 is 26.5 Å². The van der Waals surface area contributed by atoms with Gasteiger partial charge < -0.3 is 20.1 Å². The number of phosphoric ester groups is 1. The number of rotatable bonds is 47. The van der Waals surface area contributed by atoms with Crippen LogP contribution in [0.4, 0.5) is 0 Å². The van der Waals surface area contributed by atoms with Crippen LogP contribution >= 0.6 is 7.82 Å². The molecule has 0 saturated heterocycles. The summed E-state index contributed by atoms with van der Waals surface area (Å²) >= 11 is 0. The number of esters is 1. The first kappa shape index (κ1) is 57.5. The number of phosphoric acid groups is 1. The molecule has 10 heteroatoms. The minimum absolute atomic E-state index is 0.0832. The van der Waals surface area contributed by atoms with Crippen LogP contribution in [0, 0.1) is 0 Å². The third-order valence-electron chi connectivity index (χ3n) is 10.9. The fraction of sp³-hybridized carbons (Fsp3) is 0.878. The van der Waals surface area contributed by atoms with Crippen LogP contribution < -0.4 is 5.32 Å². The van der Waals surface area contributed by atoms with Crippen molar-refractivity contribution in [1.29, 1.82) is 0 Å². The lowest BCUT2D eigenvalue weighted by atomic mass is 10.0. The lowest BCUT2D eigenvalue weighted by Gasteiger charge is -2.15. The summed E-state index contributed by atoms with van der Waals surface area (Å²) in [6.45, 7) is 3.57. The van der Waals surface area contributed by atoms with E-state index in [1.807, 2.05) is 0 Å². The molecule has 0 aliphatic rings. The fourth-order valence-electron chi connectivity index (χ4n) is 7.12. The van der Waals surface area contributed by atoms with Gasteiger partial charge in [-0.25, -0.2) is 4.57 Å². The minimum atomic E-state index is -4.42. The highest BCUT2D eigenvalue weighted by molar-refractivity contribution is 7.47. The fourth-order valence-corrected chi connectivity index (χ4v) is 7.88. The molecule has 0 aromatic heterocycles. The van der Waals surface area contributed by atoms with Crippen LogP contribution in [0.15, 0.2) is 24.3 Å². The van der Waals surface area contributed by atoms with Gasteiger partial charge in [0.25, 0.3) is 0 Å². The van der Waals surface area contributed by atoms with Crippen molar-refractivity contribution in [3.8, 4) is 0 Å². The third kappa shape index (κ3) is 47.4. The predicted octanol–water partition coefficient (Wildman–Crippen LogP) is 14.3. The van der Waals surface area contributed by atoms with E-state index >= 15 is 0 Å². The topological polar surface area (TPSA) is 131 Å². The van der Waals surface area contributed by atoms with E-state index in [1.165, 1.54) is 173 Å². The van der Waals surface area contributed by atoms with Gasteiger partial charge in [0.05, 0.1) is 13.2 Å². The first-order valence-electron chi connectivity index (χ1n) is 24.8. The lowest BCUT2D eigenvalue weighted by Crippen LogP contribution is -2.27. The first-order chi connectivity index (χ1) is 28.8. The Morgan fingerprint density at radius 3 is 1.39 bits per heavy atom. The van der Waals surface area contributed by atoms with Crippen molar-refractivity contribution in [3.63, 3.8) is 0 Å². The van der Waals surface area contributed by atoms with E-state index in [2.05, 4.69) is 43.5 Å². The van der Waals surface area contributed by atoms with E-state index in [0.717, 1.165) is 44.9 Å². The van der Waals surface area contributed by atoms with Crippen molar-refractivity contribution in [2.24, 2.45) is 0 Å². The summed E-state index contributed by atoms with van der Waals surface area (Å²) in [5.41, 5.74) is 0. The zero-order chi connectivity index (χ0) is 43.2. The van der Waals surface area contributed by atoms with Gasteiger partial charge in [0.2, 0.25) is 5.91 Å². The quantitative estimate of drug-likeness (QED) is 0.0239. The molecule has 2 unspecified atom stereocenters. The van der Waals surface area contributed by atoms with Crippen LogP contribution in [0.5, 0.6) is 0 Å². The van der Waals surface area contributed by atoms with Crippen molar-refractivity contribution in [1.82, 2.24) is 5.32 Å². The van der Waals surface area contributed by atoms with Gasteiger partial charge in [-0.3, -0.25) is 18.6 Å². The van der Waals surface area contributed by atoms with Gasteiger partial charge in [-0.15, -0.1) is 0 Å². The van der Waals surface area contributed by atoms with E-state index in [-0.39, 0.29) is 32.1 Å². The second-order valence-electron chi connectivity index (χ2n) is 16.8. The summed E-state index contributed by atoms with van der Waals surface area (Å²) in [6.07, 6.45) is 51.1. The van der Waals surface area contributed by atoms with Gasteiger partial charge in [0, 0.05) is 19.4 Å². The Balaban J connectivity index is 3.54. The minimum Gasteiger partial charge on any atom is -0.463 e. The Labute approximate surface area is 363 Å². The lowest BCUT2D eigenvalue weighted by molar-refractivity contribution is -0.147. The number of aliphatic hydroxyl groups is 1. The molecular weight excluding hydrogens is 762 g/mol. The standard InChI is InChI=1S/C49H94NO8P/c1-3-5-7-9-11-13-15-17-19-21-22-23-24-26-27-29-31-33-35-37-39-41-48(52)50-43-44-57-59(54,55)58-46-47(51)45-56-49(53)42-40-38-36-34-32-30-28-25-20-18-16-14-12-10-8-6-4-2/h11,13,17,19,47,51H,3-10,12,14-16,18,20-46H2,1-2H3,(H,50,52)(H,54,55)/b13-11-,19-17-. The van der Waals surface area contributed by atoms with Gasteiger partial charge >= 0.3 is 13.8 Å². The molecule has 0 rings (SSSR count). The second kappa shape index (κ2) is 46.0. The maximum Gasteiger partial charge on any atom is 0.472 e. The average molecular weight is 856 g/mol. The summed E-state index contributed by atoms with van der Waals surface area (Å²) in [6, 6.07) is 0. The summed E-state index contributed by atoms with van der Waals surface area (Å²) < 4.78 is 27.0. The van der Waals surface area contributed by atoms with E-state index in [4.69, 9.17) is 13.8 Å². The summed E-state index contributed by atoms with van der Waals surface area (Å²) in [5.74, 6) is -0.508. The number of hydrogen-bond acceptors (Lipinski definition) is 7. The first-order valence-corrected chi connectivity index (χ1v) is 26.3. The number of amides is 1. The normalized spacial score (nSPS) is 13.4. The van der Waals surface area contributed by atoms with Crippen molar-refractivity contribution in [2.75, 3.05) is 26.4 Å². The Kier molecular flexibility index (Phi) is 44.8. The van der Waals surface area contributed by atoms with Crippen LogP contribution in [0.25, 0.3) is 0 Å². The number of aliphatic hydroxyl groups excluding tert-OH is 1. The number of unbranched alkanes of at least 4 members (excludes halogenated alkanes) is 30. The summed E-state index contributed by atoms with van der Waals surface area (Å²) in [5, 5.41) is 12.7. The molecule has 0 fully saturated rings. The number of carbonyl (C=O) groups is 2. The molecule has 0 heterocycles. The average Bonchev–Trinajstić information content (AvgIpc) is 3.22. The molecule has 59 heavy (non-hydrogen) atoms. The maximum atomic E-state index is 12.1. The van der Waals surface area contributed by atoms with Crippen molar-refractivity contribution in [2.45, 2.75) is 251 Å². The highest BCUT2D eigenvalue weighted by Crippen LogP contribution is 2.42. The zero-order valence-corrected chi connectivity index (χ0v) is 39.4. The number of ether oxygens (including phenoxy) is 1. The van der Waals surface area contributed by atoms with Crippen molar-refractivity contribution >= 4 is 19.7 Å². The molecule has 9 nitrogen and oxygen atoms in total. The molecule has 0 saturated carbocycles. The molecule has 0 spiro atoms. The predicted molar refractivity (Wildman–Crippen MR) is 248 cm³/mol. The van der Waals surface area contributed by atoms with Crippen molar-refractivity contribution in [3.05, 3.63) is 24.3 Å². The second-order valence-corrected chi connectivity index (χ2v) is 18.2. The smallest absolute Gasteiger partial charge is 0.463 e. The van der Waals surface area contributed by atoms with E-state index in [1.54, 1.807) is 0 Å². The van der Waals surface area contributed by atoms with Crippen LogP contribution in [0.3, 0.4) is 0 Å². The molecule has 3 N–H and O–H groups in total. The van der Waals surface area contributed by atoms with Gasteiger partial charge in [-0.05, 0) is 44.9 Å². The van der Waals surface area contributed by atoms with Crippen LogP contribution in [0.1, 0.15) is 245 Å². The largest absolute Gasteiger partial charge is 0.472 e. The van der Waals surface area contributed by atoms with Crippen LogP contribution in [-0.4, -0.2) is 54.3 Å². The van der Waals surface area contributed by atoms with Crippen molar-refractivity contribution < 1.29 is 37.9 Å². The number of allylic oxidation sites excluding steroid dienone is 4. The number of hydrogen-bond donors (Lipinski definition) is 3. The Morgan fingerprint density at radius 2 is 0.915 bits per heavy atom. The van der Waals surface area contributed by atoms with Gasteiger partial charge in [0.1, 0.15) is 12.7 Å². The third-order valence-corrected chi connectivity index (χ3v) is 11.9. The molecule has 0 radical (unpaired) electrons. The molecular formula is C49H94NO8P. The summed E-state index contributed by atoms with van der Waals surface area (Å²) in [4.78, 5) is 34.0. The SMILES string of the molecule is CCCCC/C=C\C/C=C\CCCCCCCCCCCCCC(=O)NCCOP(=O)(O)OCC(O)COC(=O)CCCCCCCCCCCCCCCCCCC. The van der Waals surface area contributed by atoms with Gasteiger partial charge in [-0.2, -0.15) is 0 Å². The molecule has 2 atom stereocenters. The molecule has 348 valence electrons. The monoisotopic (exact) mass is 856 g/mol. The van der Waals surface area contributed by atoms with Crippen LogP contribution in [0.2, 0.25) is 0 Å². The van der Waals surface area contributed by atoms with Gasteiger partial charge in [0.15, 0.2) is 0 Å². The van der Waals surface area contributed by atoms with Crippen LogP contribution in [-0.2, 0) is 27.9 Å². The number of carbonyl (C=O) groups excluding carboxylic acids is 2. The zero-order valence-electron chi connectivity index (χ0n) is 38.5. The number of nitrogens with one attached hydrogen (secondary N) is 1. The Hall–Kier alpha value is -1.51. The molecule has 0 aromatic rings. The summed E-state index contributed by atoms with van der Waals surface area (Å²) in [7, 11) is -4.42. The molecule has 1 amide bonds. The highest BCUT2D eigenvalue weighted by atomic mass is 31.2. The van der Waals surface area contributed by atoms with E-state index in [0.29, 0.717) is 6.42 Å². The van der Waals surface area contributed by atoms with E-state index in [9.17, 15) is 24.2 Å². The molecule has 0 aromatic carbocycles.